The van der Waals surface area contributed by atoms with Crippen LogP contribution in [0.15, 0.2) is 42.5 Å². The number of carbonyl (C=O) groups excluding carboxylic acids is 2. The number of amides is 1. The van der Waals surface area contributed by atoms with Crippen LogP contribution in [-0.4, -0.2) is 41.6 Å². The van der Waals surface area contributed by atoms with Crippen LogP contribution in [0.25, 0.3) is 10.8 Å². The molecule has 5 nitrogen and oxygen atoms in total. The highest BCUT2D eigenvalue weighted by Crippen LogP contribution is 2.25. The normalized spacial score (nSPS) is 20.3. The molecule has 5 heteroatoms. The van der Waals surface area contributed by atoms with Gasteiger partial charge in [0.05, 0.1) is 25.3 Å². The zero-order valence-corrected chi connectivity index (χ0v) is 15.5. The number of benzene rings is 2. The van der Waals surface area contributed by atoms with Crippen LogP contribution in [0.3, 0.4) is 0 Å². The fourth-order valence-corrected chi connectivity index (χ4v) is 3.23. The van der Waals surface area contributed by atoms with Crippen molar-refractivity contribution in [2.75, 3.05) is 6.54 Å². The van der Waals surface area contributed by atoms with Gasteiger partial charge in [0.25, 0.3) is 0 Å². The monoisotopic (exact) mass is 355 g/mol. The topological polar surface area (TPSA) is 55.8 Å². The minimum Gasteiger partial charge on any atom is -0.444 e. The van der Waals surface area contributed by atoms with Crippen LogP contribution in [0.4, 0.5) is 4.79 Å². The fourth-order valence-electron chi connectivity index (χ4n) is 3.23. The van der Waals surface area contributed by atoms with E-state index in [1.54, 1.807) is 0 Å². The zero-order valence-electron chi connectivity index (χ0n) is 15.5. The summed E-state index contributed by atoms with van der Waals surface area (Å²) in [5.41, 5.74) is 0.508. The van der Waals surface area contributed by atoms with Crippen molar-refractivity contribution < 1.29 is 19.1 Å². The van der Waals surface area contributed by atoms with E-state index in [2.05, 4.69) is 18.2 Å². The molecule has 26 heavy (non-hydrogen) atoms. The van der Waals surface area contributed by atoms with E-state index in [1.165, 1.54) is 10.3 Å². The molecular weight excluding hydrogens is 330 g/mol. The molecule has 0 radical (unpaired) electrons. The lowest BCUT2D eigenvalue weighted by Crippen LogP contribution is -2.40. The summed E-state index contributed by atoms with van der Waals surface area (Å²) in [4.78, 5) is 25.2. The summed E-state index contributed by atoms with van der Waals surface area (Å²) in [6.07, 6.45) is 0.640. The molecule has 2 aromatic carbocycles. The fraction of sp³-hybridized carbons (Fsp3) is 0.429. The Kier molecular flexibility index (Phi) is 5.28. The summed E-state index contributed by atoms with van der Waals surface area (Å²) in [6, 6.07) is 13.8. The third kappa shape index (κ3) is 4.22. The SMILES string of the molecule is CC(C)(C)OC(=O)N1C[C@H](OCc2cccc3ccccc23)CC1C=O. The van der Waals surface area contributed by atoms with E-state index in [4.69, 9.17) is 9.47 Å². The second-order valence-corrected chi connectivity index (χ2v) is 7.64. The lowest BCUT2D eigenvalue weighted by Gasteiger charge is -2.26. The molecule has 2 atom stereocenters. The van der Waals surface area contributed by atoms with Crippen molar-refractivity contribution in [2.45, 2.75) is 51.5 Å². The predicted molar refractivity (Wildman–Crippen MR) is 99.9 cm³/mol. The van der Waals surface area contributed by atoms with Crippen molar-refractivity contribution in [2.24, 2.45) is 0 Å². The standard InChI is InChI=1S/C21H25NO4/c1-21(2,3)26-20(24)22-12-18(11-17(22)13-23)25-14-16-9-6-8-15-7-4-5-10-19(15)16/h4-10,13,17-18H,11-12,14H2,1-3H3/t17?,18-/m1/s1. The summed E-state index contributed by atoms with van der Waals surface area (Å²) in [6.45, 7) is 6.24. The van der Waals surface area contributed by atoms with Crippen molar-refractivity contribution in [1.82, 2.24) is 4.90 Å². The van der Waals surface area contributed by atoms with Crippen LogP contribution in [-0.2, 0) is 20.9 Å². The van der Waals surface area contributed by atoms with Crippen molar-refractivity contribution >= 4 is 23.2 Å². The smallest absolute Gasteiger partial charge is 0.410 e. The number of hydrogen-bond donors (Lipinski definition) is 0. The molecule has 1 heterocycles. The highest BCUT2D eigenvalue weighted by atomic mass is 16.6. The van der Waals surface area contributed by atoms with Crippen LogP contribution in [0, 0.1) is 0 Å². The van der Waals surface area contributed by atoms with E-state index in [-0.39, 0.29) is 6.10 Å². The molecular formula is C21H25NO4. The molecule has 1 aliphatic rings. The molecule has 1 fully saturated rings. The Balaban J connectivity index is 1.65. The molecule has 1 unspecified atom stereocenters. The van der Waals surface area contributed by atoms with E-state index < -0.39 is 17.7 Å². The van der Waals surface area contributed by atoms with E-state index in [0.29, 0.717) is 19.6 Å². The van der Waals surface area contributed by atoms with E-state index >= 15 is 0 Å². The summed E-state index contributed by atoms with van der Waals surface area (Å²) in [5, 5.41) is 2.32. The van der Waals surface area contributed by atoms with Gasteiger partial charge in [0.15, 0.2) is 0 Å². The summed E-state index contributed by atoms with van der Waals surface area (Å²) in [5.74, 6) is 0. The van der Waals surface area contributed by atoms with E-state index in [9.17, 15) is 9.59 Å². The lowest BCUT2D eigenvalue weighted by molar-refractivity contribution is -0.111. The van der Waals surface area contributed by atoms with E-state index in [1.807, 2.05) is 45.0 Å². The highest BCUT2D eigenvalue weighted by Gasteiger charge is 2.37. The lowest BCUT2D eigenvalue weighted by atomic mass is 10.1. The van der Waals surface area contributed by atoms with Crippen molar-refractivity contribution in [3.05, 3.63) is 48.0 Å². The summed E-state index contributed by atoms with van der Waals surface area (Å²) < 4.78 is 11.4. The average Bonchev–Trinajstić information content (AvgIpc) is 3.02. The maximum absolute atomic E-state index is 12.3. The minimum atomic E-state index is -0.591. The van der Waals surface area contributed by atoms with Gasteiger partial charge in [0.1, 0.15) is 11.9 Å². The van der Waals surface area contributed by atoms with Crippen LogP contribution in [0.5, 0.6) is 0 Å². The zero-order chi connectivity index (χ0) is 18.7. The number of ether oxygens (including phenoxy) is 2. The van der Waals surface area contributed by atoms with E-state index in [0.717, 1.165) is 17.2 Å². The molecule has 0 N–H and O–H groups in total. The number of hydrogen-bond acceptors (Lipinski definition) is 4. The Bertz CT molecular complexity index is 791. The molecule has 1 saturated heterocycles. The molecule has 138 valence electrons. The molecule has 0 aliphatic carbocycles. The molecule has 0 saturated carbocycles. The van der Waals surface area contributed by atoms with Crippen molar-refractivity contribution in [3.63, 3.8) is 0 Å². The number of aldehydes is 1. The molecule has 2 aromatic rings. The number of carbonyl (C=O) groups is 2. The third-order valence-corrected chi connectivity index (χ3v) is 4.44. The number of nitrogens with zero attached hydrogens (tertiary/aromatic N) is 1. The number of likely N-dealkylation sites (tertiary alicyclic amines) is 1. The van der Waals surface area contributed by atoms with Gasteiger partial charge < -0.3 is 14.3 Å². The largest absolute Gasteiger partial charge is 0.444 e. The van der Waals surface area contributed by atoms with Crippen LogP contribution in [0.1, 0.15) is 32.8 Å². The predicted octanol–water partition coefficient (Wildman–Crippen LogP) is 3.93. The van der Waals surface area contributed by atoms with Crippen molar-refractivity contribution in [3.8, 4) is 0 Å². The molecule has 0 aromatic heterocycles. The number of fused-ring (bicyclic) bond motifs is 1. The molecule has 0 spiro atoms. The Morgan fingerprint density at radius 2 is 1.92 bits per heavy atom. The first kappa shape index (κ1) is 18.4. The summed E-state index contributed by atoms with van der Waals surface area (Å²) in [7, 11) is 0. The maximum atomic E-state index is 12.3. The molecule has 3 rings (SSSR count). The van der Waals surface area contributed by atoms with Gasteiger partial charge in [-0.2, -0.15) is 0 Å². The first-order chi connectivity index (χ1) is 12.4. The van der Waals surface area contributed by atoms with Gasteiger partial charge in [-0.15, -0.1) is 0 Å². The van der Waals surface area contributed by atoms with Crippen LogP contribution < -0.4 is 0 Å². The Hall–Kier alpha value is -2.40. The average molecular weight is 355 g/mol. The molecule has 1 aliphatic heterocycles. The Labute approximate surface area is 153 Å². The molecule has 0 bridgehead atoms. The second-order valence-electron chi connectivity index (χ2n) is 7.64. The van der Waals surface area contributed by atoms with Crippen LogP contribution in [0.2, 0.25) is 0 Å². The second kappa shape index (κ2) is 7.46. The van der Waals surface area contributed by atoms with Gasteiger partial charge in [0, 0.05) is 6.42 Å². The van der Waals surface area contributed by atoms with Crippen LogP contribution >= 0.6 is 0 Å². The third-order valence-electron chi connectivity index (χ3n) is 4.44. The summed E-state index contributed by atoms with van der Waals surface area (Å²) >= 11 is 0. The Morgan fingerprint density at radius 1 is 1.19 bits per heavy atom. The quantitative estimate of drug-likeness (QED) is 0.780. The first-order valence-electron chi connectivity index (χ1n) is 8.90. The number of rotatable bonds is 4. The van der Waals surface area contributed by atoms with Gasteiger partial charge in [-0.25, -0.2) is 4.79 Å². The van der Waals surface area contributed by atoms with Gasteiger partial charge >= 0.3 is 6.09 Å². The van der Waals surface area contributed by atoms with Gasteiger partial charge in [-0.1, -0.05) is 42.5 Å². The minimum absolute atomic E-state index is 0.184. The Morgan fingerprint density at radius 3 is 2.65 bits per heavy atom. The van der Waals surface area contributed by atoms with Gasteiger partial charge in [-0.3, -0.25) is 4.90 Å². The maximum Gasteiger partial charge on any atom is 0.410 e. The highest BCUT2D eigenvalue weighted by molar-refractivity contribution is 5.85. The first-order valence-corrected chi connectivity index (χ1v) is 8.90. The molecule has 1 amide bonds. The van der Waals surface area contributed by atoms with Crippen molar-refractivity contribution in [1.29, 1.82) is 0 Å². The van der Waals surface area contributed by atoms with Gasteiger partial charge in [0.2, 0.25) is 0 Å². The van der Waals surface area contributed by atoms with Gasteiger partial charge in [-0.05, 0) is 37.1 Å².